The quantitative estimate of drug-likeness (QED) is 0.636. The third kappa shape index (κ3) is 3.30. The molecule has 0 bridgehead atoms. The van der Waals surface area contributed by atoms with Crippen molar-refractivity contribution in [1.29, 1.82) is 0 Å². The van der Waals surface area contributed by atoms with E-state index in [0.29, 0.717) is 13.2 Å². The molecule has 6 heteroatoms. The number of aromatic nitrogens is 2. The molecule has 0 fully saturated rings. The summed E-state index contributed by atoms with van der Waals surface area (Å²) in [5.74, 6) is 1.49. The molecule has 0 saturated carbocycles. The number of benzene rings is 1. The second-order valence-corrected chi connectivity index (χ2v) is 7.00. The molecule has 3 aromatic rings. The first kappa shape index (κ1) is 18.3. The Balaban J connectivity index is 1.65. The molecule has 6 nitrogen and oxygen atoms in total. The van der Waals surface area contributed by atoms with Crippen LogP contribution in [0.5, 0.6) is 11.5 Å². The first-order valence-electron chi connectivity index (χ1n) is 9.70. The Morgan fingerprint density at radius 3 is 3.04 bits per heavy atom. The fourth-order valence-electron chi connectivity index (χ4n) is 4.12. The predicted molar refractivity (Wildman–Crippen MR) is 108 cm³/mol. The Labute approximate surface area is 164 Å². The highest BCUT2D eigenvalue weighted by atomic mass is 16.5. The van der Waals surface area contributed by atoms with Crippen LogP contribution in [0.1, 0.15) is 36.1 Å². The fraction of sp³-hybridized carbons (Fsp3) is 0.364. The summed E-state index contributed by atoms with van der Waals surface area (Å²) in [6.07, 6.45) is 7.30. The van der Waals surface area contributed by atoms with Crippen LogP contribution in [0.25, 0.3) is 11.0 Å². The molecule has 0 aliphatic carbocycles. The third-order valence-corrected chi connectivity index (χ3v) is 5.48. The number of pyridine rings is 1. The topological polar surface area (TPSA) is 67.5 Å². The lowest BCUT2D eigenvalue weighted by Gasteiger charge is -2.35. The molecule has 2 aromatic heterocycles. The molecular formula is C22H25N3O3. The summed E-state index contributed by atoms with van der Waals surface area (Å²) in [4.78, 5) is 21.2. The van der Waals surface area contributed by atoms with E-state index in [1.54, 1.807) is 13.3 Å². The molecule has 3 heterocycles. The van der Waals surface area contributed by atoms with Gasteiger partial charge in [-0.1, -0.05) is 0 Å². The lowest BCUT2D eigenvalue weighted by Crippen LogP contribution is -2.34. The maximum atomic E-state index is 11.7. The van der Waals surface area contributed by atoms with Crippen molar-refractivity contribution in [2.24, 2.45) is 0 Å². The van der Waals surface area contributed by atoms with Gasteiger partial charge < -0.3 is 19.4 Å². The van der Waals surface area contributed by atoms with Crippen molar-refractivity contribution in [1.82, 2.24) is 14.9 Å². The number of nitrogens with one attached hydrogen (secondary N) is 1. The molecule has 0 saturated heterocycles. The minimum atomic E-state index is 0.0213. The van der Waals surface area contributed by atoms with E-state index < -0.39 is 0 Å². The van der Waals surface area contributed by atoms with Crippen LogP contribution in [0.4, 0.5) is 0 Å². The number of hydrogen-bond acceptors (Lipinski definition) is 4. The Kier molecular flexibility index (Phi) is 5.19. The number of carbonyl (C=O) groups is 1. The van der Waals surface area contributed by atoms with Gasteiger partial charge in [0.15, 0.2) is 11.5 Å². The number of aromatic amines is 1. The van der Waals surface area contributed by atoms with Gasteiger partial charge in [0.1, 0.15) is 5.65 Å². The van der Waals surface area contributed by atoms with E-state index in [2.05, 4.69) is 28.2 Å². The Morgan fingerprint density at radius 1 is 1.36 bits per heavy atom. The number of rotatable bonds is 7. The Morgan fingerprint density at radius 2 is 2.25 bits per heavy atom. The SMILES string of the molecule is CCOc1cc2c(cc1OC)CCN(C=O)[C@H]2CCc1c[nH]c2ncccc12. The van der Waals surface area contributed by atoms with Crippen LogP contribution in [0.3, 0.4) is 0 Å². The molecule has 1 atom stereocenters. The Bertz CT molecular complexity index is 982. The molecule has 1 N–H and O–H groups in total. The first-order valence-corrected chi connectivity index (χ1v) is 9.70. The van der Waals surface area contributed by atoms with Crippen molar-refractivity contribution in [3.63, 3.8) is 0 Å². The van der Waals surface area contributed by atoms with Crippen molar-refractivity contribution >= 4 is 17.4 Å². The summed E-state index contributed by atoms with van der Waals surface area (Å²) < 4.78 is 11.3. The van der Waals surface area contributed by atoms with Gasteiger partial charge in [0.25, 0.3) is 0 Å². The van der Waals surface area contributed by atoms with E-state index in [0.717, 1.165) is 53.8 Å². The summed E-state index contributed by atoms with van der Waals surface area (Å²) in [5, 5.41) is 1.14. The van der Waals surface area contributed by atoms with Crippen LogP contribution < -0.4 is 9.47 Å². The lowest BCUT2D eigenvalue weighted by molar-refractivity contribution is -0.120. The molecule has 1 aliphatic heterocycles. The van der Waals surface area contributed by atoms with Crippen molar-refractivity contribution in [3.8, 4) is 11.5 Å². The van der Waals surface area contributed by atoms with Crippen LogP contribution in [-0.4, -0.2) is 41.5 Å². The zero-order valence-electron chi connectivity index (χ0n) is 16.3. The van der Waals surface area contributed by atoms with E-state index in [1.807, 2.05) is 24.1 Å². The van der Waals surface area contributed by atoms with E-state index in [-0.39, 0.29) is 6.04 Å². The number of nitrogens with zero attached hydrogens (tertiary/aromatic N) is 2. The van der Waals surface area contributed by atoms with Gasteiger partial charge in [-0.3, -0.25) is 4.79 Å². The van der Waals surface area contributed by atoms with Gasteiger partial charge in [0.2, 0.25) is 6.41 Å². The largest absolute Gasteiger partial charge is 0.493 e. The number of fused-ring (bicyclic) bond motifs is 2. The number of aryl methyl sites for hydroxylation is 1. The van der Waals surface area contributed by atoms with Gasteiger partial charge in [0.05, 0.1) is 19.8 Å². The van der Waals surface area contributed by atoms with Crippen LogP contribution in [0, 0.1) is 0 Å². The summed E-state index contributed by atoms with van der Waals surface area (Å²) in [7, 11) is 1.66. The van der Waals surface area contributed by atoms with Crippen LogP contribution in [-0.2, 0) is 17.6 Å². The fourth-order valence-corrected chi connectivity index (χ4v) is 4.12. The second-order valence-electron chi connectivity index (χ2n) is 7.00. The number of carbonyl (C=O) groups excluding carboxylic acids is 1. The van der Waals surface area contributed by atoms with Crippen molar-refractivity contribution in [2.45, 2.75) is 32.2 Å². The van der Waals surface area contributed by atoms with Crippen LogP contribution in [0.2, 0.25) is 0 Å². The first-order chi connectivity index (χ1) is 13.7. The van der Waals surface area contributed by atoms with E-state index >= 15 is 0 Å². The lowest BCUT2D eigenvalue weighted by atomic mass is 9.89. The highest BCUT2D eigenvalue weighted by Gasteiger charge is 2.28. The normalized spacial score (nSPS) is 16.1. The van der Waals surface area contributed by atoms with Gasteiger partial charge in [-0.15, -0.1) is 0 Å². The van der Waals surface area contributed by atoms with Gasteiger partial charge in [-0.05, 0) is 67.1 Å². The molecule has 0 spiro atoms. The van der Waals surface area contributed by atoms with Crippen molar-refractivity contribution in [3.05, 3.63) is 53.3 Å². The average molecular weight is 379 g/mol. The van der Waals surface area contributed by atoms with Gasteiger partial charge >= 0.3 is 0 Å². The minimum absolute atomic E-state index is 0.0213. The maximum absolute atomic E-state index is 11.7. The maximum Gasteiger partial charge on any atom is 0.210 e. The molecule has 28 heavy (non-hydrogen) atoms. The van der Waals surface area contributed by atoms with E-state index in [1.165, 1.54) is 11.1 Å². The highest BCUT2D eigenvalue weighted by molar-refractivity contribution is 5.79. The monoisotopic (exact) mass is 379 g/mol. The molecule has 146 valence electrons. The predicted octanol–water partition coefficient (Wildman–Crippen LogP) is 3.66. The standard InChI is InChI=1S/C22H25N3O3/c1-3-28-21-12-18-15(11-20(21)27-2)8-10-25(14-26)19(18)7-6-16-13-24-22-17(16)5-4-9-23-22/h4-5,9,11-14,19H,3,6-8,10H2,1-2H3,(H,23,24)/t19-/m0/s1. The third-order valence-electron chi connectivity index (χ3n) is 5.48. The van der Waals surface area contributed by atoms with E-state index in [9.17, 15) is 4.79 Å². The summed E-state index contributed by atoms with van der Waals surface area (Å²) in [6.45, 7) is 3.24. The summed E-state index contributed by atoms with van der Waals surface area (Å²) in [5.41, 5.74) is 4.50. The molecule has 0 unspecified atom stereocenters. The number of amides is 1. The zero-order chi connectivity index (χ0) is 19.5. The number of H-pyrrole nitrogens is 1. The number of ether oxygens (including phenoxy) is 2. The summed E-state index contributed by atoms with van der Waals surface area (Å²) in [6, 6.07) is 8.17. The molecule has 1 aliphatic rings. The zero-order valence-corrected chi connectivity index (χ0v) is 16.3. The smallest absolute Gasteiger partial charge is 0.210 e. The molecule has 1 amide bonds. The molecule has 0 radical (unpaired) electrons. The number of methoxy groups -OCH3 is 1. The van der Waals surface area contributed by atoms with E-state index in [4.69, 9.17) is 9.47 Å². The summed E-state index contributed by atoms with van der Waals surface area (Å²) >= 11 is 0. The molecule has 4 rings (SSSR count). The van der Waals surface area contributed by atoms with Gasteiger partial charge in [0, 0.05) is 24.3 Å². The average Bonchev–Trinajstić information content (AvgIpc) is 3.15. The van der Waals surface area contributed by atoms with Crippen LogP contribution in [0.15, 0.2) is 36.7 Å². The molecular weight excluding hydrogens is 354 g/mol. The highest BCUT2D eigenvalue weighted by Crippen LogP contribution is 2.39. The van der Waals surface area contributed by atoms with Crippen molar-refractivity contribution < 1.29 is 14.3 Å². The van der Waals surface area contributed by atoms with Crippen molar-refractivity contribution in [2.75, 3.05) is 20.3 Å². The number of hydrogen-bond donors (Lipinski definition) is 1. The van der Waals surface area contributed by atoms with Gasteiger partial charge in [-0.2, -0.15) is 0 Å². The second kappa shape index (κ2) is 7.92. The van der Waals surface area contributed by atoms with Gasteiger partial charge in [-0.25, -0.2) is 4.98 Å². The molecule has 1 aromatic carbocycles. The Hall–Kier alpha value is -3.02. The van der Waals surface area contributed by atoms with Crippen LogP contribution >= 0.6 is 0 Å². The minimum Gasteiger partial charge on any atom is -0.493 e.